The molecule has 0 bridgehead atoms. The van der Waals surface area contributed by atoms with Crippen LogP contribution in [0.1, 0.15) is 48.9 Å². The minimum Gasteiger partial charge on any atom is -0.482 e. The molecule has 0 aliphatic heterocycles. The number of hydrogen-bond acceptors (Lipinski definition) is 4. The van der Waals surface area contributed by atoms with Crippen molar-refractivity contribution in [1.29, 1.82) is 0 Å². The van der Waals surface area contributed by atoms with Gasteiger partial charge in [0.15, 0.2) is 6.61 Å². The molecule has 2 amide bonds. The summed E-state index contributed by atoms with van der Waals surface area (Å²) < 4.78 is 5.09. The van der Waals surface area contributed by atoms with Crippen LogP contribution in [0.15, 0.2) is 24.3 Å². The van der Waals surface area contributed by atoms with Crippen LogP contribution in [0.25, 0.3) is 0 Å². The van der Waals surface area contributed by atoms with Gasteiger partial charge >= 0.3 is 5.97 Å². The van der Waals surface area contributed by atoms with Crippen LogP contribution in [0.3, 0.4) is 0 Å². The fraction of sp³-hybridized carbons (Fsp3) is 0.500. The lowest BCUT2D eigenvalue weighted by Crippen LogP contribution is -2.43. The molecule has 0 spiro atoms. The van der Waals surface area contributed by atoms with Crippen molar-refractivity contribution in [3.63, 3.8) is 0 Å². The molecule has 136 valence electrons. The van der Waals surface area contributed by atoms with Crippen LogP contribution >= 0.6 is 0 Å². The first-order valence-corrected chi connectivity index (χ1v) is 8.49. The van der Waals surface area contributed by atoms with Crippen LogP contribution in [0.4, 0.5) is 0 Å². The maximum atomic E-state index is 12.5. The second-order valence-corrected chi connectivity index (χ2v) is 6.36. The van der Waals surface area contributed by atoms with E-state index < -0.39 is 18.5 Å². The van der Waals surface area contributed by atoms with Crippen molar-refractivity contribution in [2.75, 3.05) is 6.61 Å². The number of carboxylic acid groups (broad SMARTS) is 1. The molecule has 1 fully saturated rings. The summed E-state index contributed by atoms with van der Waals surface area (Å²) in [5.41, 5.74) is 5.70. The minimum atomic E-state index is -1.09. The van der Waals surface area contributed by atoms with E-state index in [1.54, 1.807) is 18.2 Å². The predicted octanol–water partition coefficient (Wildman–Crippen LogP) is 1.70. The fourth-order valence-electron chi connectivity index (χ4n) is 3.21. The van der Waals surface area contributed by atoms with Crippen molar-refractivity contribution in [1.82, 2.24) is 5.32 Å². The number of carbonyl (C=O) groups excluding carboxylic acids is 2. The van der Waals surface area contributed by atoms with Crippen molar-refractivity contribution in [3.05, 3.63) is 29.8 Å². The SMILES string of the molecule is NC(=O)CC(NC(=O)c1cccc(OCC(=O)O)c1)C1CCCCC1. The molecular formula is C18H24N2O5. The molecule has 0 aromatic heterocycles. The van der Waals surface area contributed by atoms with E-state index in [9.17, 15) is 14.4 Å². The first-order valence-electron chi connectivity index (χ1n) is 8.49. The zero-order valence-corrected chi connectivity index (χ0v) is 14.1. The number of aliphatic carboxylic acids is 1. The predicted molar refractivity (Wildman–Crippen MR) is 91.2 cm³/mol. The lowest BCUT2D eigenvalue weighted by atomic mass is 9.82. The molecule has 0 saturated heterocycles. The van der Waals surface area contributed by atoms with Gasteiger partial charge in [0.05, 0.1) is 0 Å². The molecule has 1 aliphatic rings. The maximum absolute atomic E-state index is 12.5. The summed E-state index contributed by atoms with van der Waals surface area (Å²) >= 11 is 0. The second kappa shape index (κ2) is 9.05. The van der Waals surface area contributed by atoms with Crippen LogP contribution < -0.4 is 15.8 Å². The molecule has 1 aromatic rings. The van der Waals surface area contributed by atoms with E-state index in [0.717, 1.165) is 25.7 Å². The molecule has 2 rings (SSSR count). The van der Waals surface area contributed by atoms with Crippen molar-refractivity contribution >= 4 is 17.8 Å². The summed E-state index contributed by atoms with van der Waals surface area (Å²) in [6.45, 7) is -0.475. The average molecular weight is 348 g/mol. The lowest BCUT2D eigenvalue weighted by molar-refractivity contribution is -0.139. The van der Waals surface area contributed by atoms with E-state index in [4.69, 9.17) is 15.6 Å². The van der Waals surface area contributed by atoms with Gasteiger partial charge < -0.3 is 20.9 Å². The standard InChI is InChI=1S/C18H24N2O5/c19-16(21)10-15(12-5-2-1-3-6-12)20-18(24)13-7-4-8-14(9-13)25-11-17(22)23/h4,7-9,12,15H,1-3,5-6,10-11H2,(H2,19,21)(H,20,24)(H,22,23). The van der Waals surface area contributed by atoms with Crippen LogP contribution in [-0.2, 0) is 9.59 Å². The molecule has 1 saturated carbocycles. The first-order chi connectivity index (χ1) is 12.0. The largest absolute Gasteiger partial charge is 0.482 e. The fourth-order valence-corrected chi connectivity index (χ4v) is 3.21. The Kier molecular flexibility index (Phi) is 6.80. The third-order valence-electron chi connectivity index (χ3n) is 4.41. The highest BCUT2D eigenvalue weighted by Crippen LogP contribution is 2.28. The van der Waals surface area contributed by atoms with Gasteiger partial charge in [-0.2, -0.15) is 0 Å². The van der Waals surface area contributed by atoms with Gasteiger partial charge in [0.25, 0.3) is 5.91 Å². The lowest BCUT2D eigenvalue weighted by Gasteiger charge is -2.30. The van der Waals surface area contributed by atoms with Gasteiger partial charge in [-0.15, -0.1) is 0 Å². The molecule has 1 aromatic carbocycles. The summed E-state index contributed by atoms with van der Waals surface area (Å²) in [5, 5.41) is 11.6. The minimum absolute atomic E-state index is 0.117. The highest BCUT2D eigenvalue weighted by molar-refractivity contribution is 5.95. The Morgan fingerprint density at radius 2 is 1.96 bits per heavy atom. The number of nitrogens with one attached hydrogen (secondary N) is 1. The second-order valence-electron chi connectivity index (χ2n) is 6.36. The topological polar surface area (TPSA) is 119 Å². The molecule has 0 heterocycles. The van der Waals surface area contributed by atoms with Crippen LogP contribution in [-0.4, -0.2) is 35.5 Å². The molecule has 25 heavy (non-hydrogen) atoms. The monoisotopic (exact) mass is 348 g/mol. The third-order valence-corrected chi connectivity index (χ3v) is 4.41. The van der Waals surface area contributed by atoms with E-state index in [0.29, 0.717) is 11.3 Å². The number of amides is 2. The molecule has 0 radical (unpaired) electrons. The maximum Gasteiger partial charge on any atom is 0.341 e. The first kappa shape index (κ1) is 18.8. The third kappa shape index (κ3) is 6.10. The van der Waals surface area contributed by atoms with Gasteiger partial charge in [0.1, 0.15) is 5.75 Å². The summed E-state index contributed by atoms with van der Waals surface area (Å²) in [6.07, 6.45) is 5.42. The Hall–Kier alpha value is -2.57. The van der Waals surface area contributed by atoms with E-state index in [1.807, 2.05) is 0 Å². The van der Waals surface area contributed by atoms with Gasteiger partial charge in [-0.1, -0.05) is 25.3 Å². The molecule has 1 unspecified atom stereocenters. The number of ether oxygens (including phenoxy) is 1. The Morgan fingerprint density at radius 1 is 1.24 bits per heavy atom. The Morgan fingerprint density at radius 3 is 2.60 bits per heavy atom. The number of carboxylic acids is 1. The number of primary amides is 1. The molecule has 1 atom stereocenters. The van der Waals surface area contributed by atoms with Crippen molar-refractivity contribution < 1.29 is 24.2 Å². The summed E-state index contributed by atoms with van der Waals surface area (Å²) in [4.78, 5) is 34.5. The van der Waals surface area contributed by atoms with Crippen molar-refractivity contribution in [3.8, 4) is 5.75 Å². The summed E-state index contributed by atoms with van der Waals surface area (Å²) in [7, 11) is 0. The quantitative estimate of drug-likeness (QED) is 0.661. The molecule has 4 N–H and O–H groups in total. The van der Waals surface area contributed by atoms with Crippen molar-refractivity contribution in [2.24, 2.45) is 11.7 Å². The zero-order chi connectivity index (χ0) is 18.2. The van der Waals surface area contributed by atoms with E-state index >= 15 is 0 Å². The van der Waals surface area contributed by atoms with Gasteiger partial charge in [-0.25, -0.2) is 4.79 Å². The Bertz CT molecular complexity index is 626. The van der Waals surface area contributed by atoms with Crippen LogP contribution in [0.5, 0.6) is 5.75 Å². The normalized spacial score (nSPS) is 16.0. The highest BCUT2D eigenvalue weighted by Gasteiger charge is 2.27. The highest BCUT2D eigenvalue weighted by atomic mass is 16.5. The van der Waals surface area contributed by atoms with Crippen LogP contribution in [0, 0.1) is 5.92 Å². The smallest absolute Gasteiger partial charge is 0.341 e. The molecule has 7 nitrogen and oxygen atoms in total. The number of rotatable bonds is 8. The molecule has 7 heteroatoms. The number of nitrogens with two attached hydrogens (primary N) is 1. The van der Waals surface area contributed by atoms with E-state index in [2.05, 4.69) is 5.32 Å². The average Bonchev–Trinajstić information content (AvgIpc) is 2.60. The zero-order valence-electron chi connectivity index (χ0n) is 14.1. The van der Waals surface area contributed by atoms with E-state index in [1.165, 1.54) is 12.5 Å². The summed E-state index contributed by atoms with van der Waals surface area (Å²) in [5.74, 6) is -1.29. The number of carbonyl (C=O) groups is 3. The van der Waals surface area contributed by atoms with Crippen LogP contribution in [0.2, 0.25) is 0 Å². The van der Waals surface area contributed by atoms with Gasteiger partial charge in [0.2, 0.25) is 5.91 Å². The number of hydrogen-bond donors (Lipinski definition) is 3. The van der Waals surface area contributed by atoms with Gasteiger partial charge in [-0.3, -0.25) is 9.59 Å². The van der Waals surface area contributed by atoms with Crippen molar-refractivity contribution in [2.45, 2.75) is 44.6 Å². The summed E-state index contributed by atoms with van der Waals surface area (Å²) in [6, 6.07) is 6.03. The Labute approximate surface area is 146 Å². The Balaban J connectivity index is 2.05. The van der Waals surface area contributed by atoms with Gasteiger partial charge in [-0.05, 0) is 37.0 Å². The molecular weight excluding hydrogens is 324 g/mol. The molecule has 1 aliphatic carbocycles. The number of benzene rings is 1. The van der Waals surface area contributed by atoms with E-state index in [-0.39, 0.29) is 24.3 Å². The van der Waals surface area contributed by atoms with Gasteiger partial charge in [0, 0.05) is 18.0 Å².